The molecule has 0 atom stereocenters. The van der Waals surface area contributed by atoms with Crippen molar-refractivity contribution in [3.63, 3.8) is 0 Å². The maximum Gasteiger partial charge on any atom is 0.231 e. The Morgan fingerprint density at radius 2 is 2.21 bits per heavy atom. The van der Waals surface area contributed by atoms with Gasteiger partial charge in [-0.15, -0.1) is 0 Å². The maximum absolute atomic E-state index is 12.4. The standard InChI is InChI=1S/C14H11ClN2O2/c1-8-11-5-10(15)3-4-12(11)19-14(8)13(18)9-6-16-17(2)7-9/h3-7H,1-2H3. The fourth-order valence-corrected chi connectivity index (χ4v) is 2.25. The monoisotopic (exact) mass is 274 g/mol. The van der Waals surface area contributed by atoms with E-state index in [0.29, 0.717) is 21.9 Å². The van der Waals surface area contributed by atoms with Gasteiger partial charge in [0.05, 0.1) is 11.8 Å². The van der Waals surface area contributed by atoms with Crippen LogP contribution >= 0.6 is 11.6 Å². The molecule has 19 heavy (non-hydrogen) atoms. The minimum atomic E-state index is -0.169. The van der Waals surface area contributed by atoms with Crippen molar-refractivity contribution in [3.8, 4) is 0 Å². The lowest BCUT2D eigenvalue weighted by atomic mass is 10.1. The van der Waals surface area contributed by atoms with Crippen LogP contribution in [0.3, 0.4) is 0 Å². The molecule has 0 aliphatic rings. The molecule has 5 heteroatoms. The first kappa shape index (κ1) is 12.0. The van der Waals surface area contributed by atoms with Gasteiger partial charge in [0, 0.05) is 29.2 Å². The molecule has 4 nitrogen and oxygen atoms in total. The van der Waals surface area contributed by atoms with Crippen LogP contribution in [0.2, 0.25) is 5.02 Å². The van der Waals surface area contributed by atoms with Crippen LogP contribution in [0.1, 0.15) is 21.7 Å². The van der Waals surface area contributed by atoms with Crippen LogP contribution < -0.4 is 0 Å². The van der Waals surface area contributed by atoms with Crippen molar-refractivity contribution in [1.82, 2.24) is 9.78 Å². The number of fused-ring (bicyclic) bond motifs is 1. The van der Waals surface area contributed by atoms with Crippen molar-refractivity contribution in [1.29, 1.82) is 0 Å². The van der Waals surface area contributed by atoms with Crippen molar-refractivity contribution < 1.29 is 9.21 Å². The van der Waals surface area contributed by atoms with Crippen LogP contribution in [-0.4, -0.2) is 15.6 Å². The lowest BCUT2D eigenvalue weighted by Crippen LogP contribution is -2.00. The summed E-state index contributed by atoms with van der Waals surface area (Å²) in [6.07, 6.45) is 3.20. The molecule has 1 aromatic carbocycles. The van der Waals surface area contributed by atoms with Crippen LogP contribution in [0.4, 0.5) is 0 Å². The van der Waals surface area contributed by atoms with Gasteiger partial charge < -0.3 is 4.42 Å². The van der Waals surface area contributed by atoms with Crippen molar-refractivity contribution in [3.05, 3.63) is 52.5 Å². The number of hydrogen-bond donors (Lipinski definition) is 0. The first-order valence-electron chi connectivity index (χ1n) is 5.78. The van der Waals surface area contributed by atoms with E-state index in [1.54, 1.807) is 36.1 Å². The minimum Gasteiger partial charge on any atom is -0.452 e. The second kappa shape index (κ2) is 4.24. The molecule has 3 aromatic rings. The van der Waals surface area contributed by atoms with E-state index in [-0.39, 0.29) is 5.78 Å². The zero-order valence-corrected chi connectivity index (χ0v) is 11.2. The Morgan fingerprint density at radius 1 is 1.42 bits per heavy atom. The summed E-state index contributed by atoms with van der Waals surface area (Å²) < 4.78 is 7.22. The van der Waals surface area contributed by atoms with Crippen LogP contribution in [0, 0.1) is 6.92 Å². The van der Waals surface area contributed by atoms with Gasteiger partial charge in [-0.1, -0.05) is 11.6 Å². The molecule has 0 amide bonds. The van der Waals surface area contributed by atoms with Crippen molar-refractivity contribution in [2.75, 3.05) is 0 Å². The van der Waals surface area contributed by atoms with E-state index in [1.807, 2.05) is 6.92 Å². The highest BCUT2D eigenvalue weighted by Crippen LogP contribution is 2.29. The third kappa shape index (κ3) is 1.94. The highest BCUT2D eigenvalue weighted by atomic mass is 35.5. The molecule has 0 spiro atoms. The zero-order chi connectivity index (χ0) is 13.6. The number of aromatic nitrogens is 2. The van der Waals surface area contributed by atoms with Gasteiger partial charge in [0.1, 0.15) is 5.58 Å². The Morgan fingerprint density at radius 3 is 2.89 bits per heavy atom. The van der Waals surface area contributed by atoms with Crippen LogP contribution in [0.15, 0.2) is 35.0 Å². The Labute approximate surface area is 114 Å². The summed E-state index contributed by atoms with van der Waals surface area (Å²) in [4.78, 5) is 12.4. The molecule has 96 valence electrons. The zero-order valence-electron chi connectivity index (χ0n) is 10.5. The highest BCUT2D eigenvalue weighted by Gasteiger charge is 2.20. The first-order chi connectivity index (χ1) is 9.06. The predicted molar refractivity (Wildman–Crippen MR) is 72.6 cm³/mol. The molecular formula is C14H11ClN2O2. The van der Waals surface area contributed by atoms with E-state index in [0.717, 1.165) is 10.9 Å². The average Bonchev–Trinajstić information content (AvgIpc) is 2.94. The maximum atomic E-state index is 12.4. The third-order valence-electron chi connectivity index (χ3n) is 3.07. The van der Waals surface area contributed by atoms with Gasteiger partial charge in [-0.2, -0.15) is 5.10 Å². The van der Waals surface area contributed by atoms with Gasteiger partial charge in [-0.25, -0.2) is 0 Å². The summed E-state index contributed by atoms with van der Waals surface area (Å²) in [5.74, 6) is 0.170. The van der Waals surface area contributed by atoms with Crippen LogP contribution in [-0.2, 0) is 7.05 Å². The quantitative estimate of drug-likeness (QED) is 0.673. The molecule has 0 aliphatic carbocycles. The number of furan rings is 1. The SMILES string of the molecule is Cc1c(C(=O)c2cnn(C)c2)oc2ccc(Cl)cc12. The largest absolute Gasteiger partial charge is 0.452 e. The molecule has 0 unspecified atom stereocenters. The van der Waals surface area contributed by atoms with Gasteiger partial charge in [0.2, 0.25) is 5.78 Å². The second-order valence-corrected chi connectivity index (χ2v) is 4.86. The summed E-state index contributed by atoms with van der Waals surface area (Å²) in [6.45, 7) is 1.85. The summed E-state index contributed by atoms with van der Waals surface area (Å²) >= 11 is 5.96. The fraction of sp³-hybridized carbons (Fsp3) is 0.143. The number of halogens is 1. The average molecular weight is 275 g/mol. The normalized spacial score (nSPS) is 11.1. The Hall–Kier alpha value is -2.07. The van der Waals surface area contributed by atoms with E-state index in [2.05, 4.69) is 5.10 Å². The number of hydrogen-bond acceptors (Lipinski definition) is 3. The van der Waals surface area contributed by atoms with Crippen molar-refractivity contribution in [2.24, 2.45) is 7.05 Å². The molecule has 2 aromatic heterocycles. The van der Waals surface area contributed by atoms with Gasteiger partial charge in [0.15, 0.2) is 5.76 Å². The molecule has 0 saturated heterocycles. The Bertz CT molecular complexity index is 786. The predicted octanol–water partition coefficient (Wildman–Crippen LogP) is 3.36. The minimum absolute atomic E-state index is 0.169. The van der Waals surface area contributed by atoms with E-state index in [9.17, 15) is 4.79 Å². The Kier molecular flexibility index (Phi) is 2.68. The molecule has 2 heterocycles. The molecule has 3 rings (SSSR count). The molecule has 0 fully saturated rings. The number of benzene rings is 1. The number of nitrogens with zero attached hydrogens (tertiary/aromatic N) is 2. The molecule has 0 radical (unpaired) electrons. The molecular weight excluding hydrogens is 264 g/mol. The summed E-state index contributed by atoms with van der Waals surface area (Å²) in [6, 6.07) is 5.31. The van der Waals surface area contributed by atoms with Gasteiger partial charge in [-0.05, 0) is 25.1 Å². The smallest absolute Gasteiger partial charge is 0.231 e. The molecule has 0 saturated carbocycles. The topological polar surface area (TPSA) is 48.0 Å². The number of ketones is 1. The van der Waals surface area contributed by atoms with Crippen LogP contribution in [0.25, 0.3) is 11.0 Å². The van der Waals surface area contributed by atoms with Crippen molar-refractivity contribution in [2.45, 2.75) is 6.92 Å². The molecule has 0 N–H and O–H groups in total. The van der Waals surface area contributed by atoms with E-state index < -0.39 is 0 Å². The first-order valence-corrected chi connectivity index (χ1v) is 6.16. The van der Waals surface area contributed by atoms with E-state index in [4.69, 9.17) is 16.0 Å². The molecule has 0 aliphatic heterocycles. The number of carbonyl (C=O) groups excluding carboxylic acids is 1. The second-order valence-electron chi connectivity index (χ2n) is 4.43. The third-order valence-corrected chi connectivity index (χ3v) is 3.31. The number of rotatable bonds is 2. The number of carbonyl (C=O) groups is 1. The fourth-order valence-electron chi connectivity index (χ4n) is 2.08. The van der Waals surface area contributed by atoms with Crippen molar-refractivity contribution >= 4 is 28.4 Å². The Balaban J connectivity index is 2.15. The molecule has 0 bridgehead atoms. The lowest BCUT2D eigenvalue weighted by molar-refractivity contribution is 0.101. The van der Waals surface area contributed by atoms with Crippen LogP contribution in [0.5, 0.6) is 0 Å². The number of aryl methyl sites for hydroxylation is 2. The van der Waals surface area contributed by atoms with Gasteiger partial charge >= 0.3 is 0 Å². The summed E-state index contributed by atoms with van der Waals surface area (Å²) in [5, 5.41) is 5.48. The van der Waals surface area contributed by atoms with E-state index in [1.165, 1.54) is 6.20 Å². The van der Waals surface area contributed by atoms with E-state index >= 15 is 0 Å². The van der Waals surface area contributed by atoms with Gasteiger partial charge in [-0.3, -0.25) is 9.48 Å². The highest BCUT2D eigenvalue weighted by molar-refractivity contribution is 6.31. The summed E-state index contributed by atoms with van der Waals surface area (Å²) in [7, 11) is 1.77. The van der Waals surface area contributed by atoms with Gasteiger partial charge in [0.25, 0.3) is 0 Å². The summed E-state index contributed by atoms with van der Waals surface area (Å²) in [5.41, 5.74) is 1.97. The lowest BCUT2D eigenvalue weighted by Gasteiger charge is -1.94.